The number of hydrogen-bond donors (Lipinski definition) is 2. The van der Waals surface area contributed by atoms with Gasteiger partial charge in [-0.1, -0.05) is 30.7 Å². The van der Waals surface area contributed by atoms with E-state index < -0.39 is 11.9 Å². The first-order valence-corrected chi connectivity index (χ1v) is 6.93. The summed E-state index contributed by atoms with van der Waals surface area (Å²) in [4.78, 5) is 20.5. The Bertz CT molecular complexity index is 494. The van der Waals surface area contributed by atoms with Gasteiger partial charge in [-0.3, -0.25) is 4.90 Å². The molecule has 2 heterocycles. The molecule has 2 rings (SSSR count). The molecule has 7 nitrogen and oxygen atoms in total. The van der Waals surface area contributed by atoms with E-state index in [0.717, 1.165) is 25.2 Å². The second-order valence-corrected chi connectivity index (χ2v) is 4.73. The fourth-order valence-corrected chi connectivity index (χ4v) is 2.49. The van der Waals surface area contributed by atoms with Crippen LogP contribution in [-0.4, -0.2) is 48.9 Å². The van der Waals surface area contributed by atoms with Crippen LogP contribution in [0, 0.1) is 0 Å². The first kappa shape index (κ1) is 16.5. The van der Waals surface area contributed by atoms with Crippen LogP contribution in [0.5, 0.6) is 0 Å². The lowest BCUT2D eigenvalue weighted by atomic mass is 10.1. The van der Waals surface area contributed by atoms with Crippen molar-refractivity contribution in [1.82, 2.24) is 13.6 Å². The van der Waals surface area contributed by atoms with Gasteiger partial charge in [-0.15, -0.1) is 0 Å². The number of likely N-dealkylation sites (N-methyl/N-ethyl adjacent to an activating group) is 1. The molecule has 0 aromatic carbocycles. The minimum Gasteiger partial charge on any atom is -0.473 e. The van der Waals surface area contributed by atoms with Crippen LogP contribution in [0.25, 0.3) is 0 Å². The number of hydrogen-bond acceptors (Lipinski definition) is 6. The van der Waals surface area contributed by atoms with Crippen LogP contribution < -0.4 is 0 Å². The monoisotopic (exact) mass is 319 g/mol. The van der Waals surface area contributed by atoms with E-state index in [0.29, 0.717) is 5.15 Å². The Morgan fingerprint density at radius 1 is 1.45 bits per heavy atom. The summed E-state index contributed by atoms with van der Waals surface area (Å²) in [6.45, 7) is 4.24. The molecule has 0 bridgehead atoms. The largest absolute Gasteiger partial charge is 0.473 e. The van der Waals surface area contributed by atoms with E-state index in [1.54, 1.807) is 0 Å². The van der Waals surface area contributed by atoms with Gasteiger partial charge in [-0.2, -0.15) is 8.75 Å². The fraction of sp³-hybridized carbons (Fsp3) is 0.455. The van der Waals surface area contributed by atoms with Crippen LogP contribution in [0.15, 0.2) is 12.2 Å². The summed E-state index contributed by atoms with van der Waals surface area (Å²) in [5, 5.41) is 15.3. The summed E-state index contributed by atoms with van der Waals surface area (Å²) in [7, 11) is 0. The molecular weight excluding hydrogens is 306 g/mol. The van der Waals surface area contributed by atoms with Crippen LogP contribution >= 0.6 is 23.3 Å². The molecule has 110 valence electrons. The number of aromatic nitrogens is 2. The predicted octanol–water partition coefficient (Wildman–Crippen LogP) is 1.67. The Morgan fingerprint density at radius 2 is 2.10 bits per heavy atom. The van der Waals surface area contributed by atoms with E-state index in [4.69, 9.17) is 31.4 Å². The van der Waals surface area contributed by atoms with E-state index >= 15 is 0 Å². The van der Waals surface area contributed by atoms with Gasteiger partial charge < -0.3 is 10.2 Å². The zero-order chi connectivity index (χ0) is 15.1. The van der Waals surface area contributed by atoms with E-state index in [-0.39, 0.29) is 6.04 Å². The van der Waals surface area contributed by atoms with Crippen LogP contribution in [0.1, 0.15) is 25.1 Å². The highest BCUT2D eigenvalue weighted by Crippen LogP contribution is 2.29. The molecule has 0 spiro atoms. The van der Waals surface area contributed by atoms with Crippen molar-refractivity contribution in [2.24, 2.45) is 0 Å². The Morgan fingerprint density at radius 3 is 2.55 bits per heavy atom. The molecule has 1 aromatic heterocycles. The van der Waals surface area contributed by atoms with Crippen LogP contribution in [-0.2, 0) is 9.59 Å². The first-order chi connectivity index (χ1) is 9.47. The van der Waals surface area contributed by atoms with Gasteiger partial charge >= 0.3 is 11.9 Å². The number of rotatable bonds is 2. The summed E-state index contributed by atoms with van der Waals surface area (Å²) in [5.41, 5.74) is 0.898. The zero-order valence-electron chi connectivity index (χ0n) is 10.7. The highest BCUT2D eigenvalue weighted by molar-refractivity contribution is 6.99. The molecule has 1 aliphatic rings. The molecule has 0 saturated heterocycles. The SMILES string of the molecule is CCN1CCC=CC1c1nsnc1Cl.O=C(O)C(=O)O. The molecule has 20 heavy (non-hydrogen) atoms. The number of carbonyl (C=O) groups is 2. The average molecular weight is 320 g/mol. The molecule has 0 amide bonds. The number of carboxylic acid groups (broad SMARTS) is 2. The zero-order valence-corrected chi connectivity index (χ0v) is 12.3. The van der Waals surface area contributed by atoms with Crippen molar-refractivity contribution >= 4 is 35.3 Å². The number of carboxylic acids is 2. The highest BCUT2D eigenvalue weighted by atomic mass is 35.5. The Kier molecular flexibility index (Phi) is 6.56. The molecule has 0 aliphatic carbocycles. The lowest BCUT2D eigenvalue weighted by molar-refractivity contribution is -0.159. The van der Waals surface area contributed by atoms with Gasteiger partial charge in [0, 0.05) is 6.54 Å². The van der Waals surface area contributed by atoms with Gasteiger partial charge in [-0.25, -0.2) is 9.59 Å². The summed E-state index contributed by atoms with van der Waals surface area (Å²) < 4.78 is 8.24. The van der Waals surface area contributed by atoms with Crippen molar-refractivity contribution < 1.29 is 19.8 Å². The van der Waals surface area contributed by atoms with Crippen LogP contribution in [0.4, 0.5) is 0 Å². The second kappa shape index (κ2) is 7.93. The second-order valence-electron chi connectivity index (χ2n) is 3.84. The van der Waals surface area contributed by atoms with E-state index in [2.05, 4.69) is 32.7 Å². The van der Waals surface area contributed by atoms with Gasteiger partial charge in [-0.05, 0) is 13.0 Å². The van der Waals surface area contributed by atoms with Gasteiger partial charge in [0.2, 0.25) is 0 Å². The topological polar surface area (TPSA) is 104 Å². The van der Waals surface area contributed by atoms with E-state index in [1.165, 1.54) is 11.7 Å². The van der Waals surface area contributed by atoms with Crippen molar-refractivity contribution in [3.8, 4) is 0 Å². The number of halogens is 1. The third-order valence-corrected chi connectivity index (χ3v) is 3.56. The maximum absolute atomic E-state index is 9.10. The molecule has 1 aromatic rings. The third kappa shape index (κ3) is 4.55. The van der Waals surface area contributed by atoms with E-state index in [1.807, 2.05) is 0 Å². The minimum absolute atomic E-state index is 0.222. The number of nitrogens with zero attached hydrogens (tertiary/aromatic N) is 3. The van der Waals surface area contributed by atoms with Crippen molar-refractivity contribution in [2.45, 2.75) is 19.4 Å². The minimum atomic E-state index is -1.82. The quantitative estimate of drug-likeness (QED) is 0.631. The van der Waals surface area contributed by atoms with Crippen molar-refractivity contribution in [2.75, 3.05) is 13.1 Å². The maximum atomic E-state index is 9.10. The summed E-state index contributed by atoms with van der Waals surface area (Å²) in [6, 6.07) is 0.222. The van der Waals surface area contributed by atoms with Crippen molar-refractivity contribution in [3.63, 3.8) is 0 Å². The summed E-state index contributed by atoms with van der Waals surface area (Å²) in [6.07, 6.45) is 5.46. The Balaban J connectivity index is 0.000000286. The predicted molar refractivity (Wildman–Crippen MR) is 73.9 cm³/mol. The van der Waals surface area contributed by atoms with Gasteiger partial charge in [0.05, 0.1) is 17.8 Å². The molecule has 0 radical (unpaired) electrons. The molecular formula is C11H14ClN3O4S. The van der Waals surface area contributed by atoms with Gasteiger partial charge in [0.25, 0.3) is 0 Å². The smallest absolute Gasteiger partial charge is 0.414 e. The average Bonchev–Trinajstić information content (AvgIpc) is 2.85. The van der Waals surface area contributed by atoms with Gasteiger partial charge in [0.15, 0.2) is 5.15 Å². The first-order valence-electron chi connectivity index (χ1n) is 5.82. The Hall–Kier alpha value is -1.51. The lowest BCUT2D eigenvalue weighted by Gasteiger charge is -2.29. The van der Waals surface area contributed by atoms with E-state index in [9.17, 15) is 0 Å². The van der Waals surface area contributed by atoms with Crippen molar-refractivity contribution in [1.29, 1.82) is 0 Å². The third-order valence-electron chi connectivity index (χ3n) is 2.64. The molecule has 9 heteroatoms. The highest BCUT2D eigenvalue weighted by Gasteiger charge is 2.23. The summed E-state index contributed by atoms with van der Waals surface area (Å²) in [5.74, 6) is -3.65. The summed E-state index contributed by atoms with van der Waals surface area (Å²) >= 11 is 7.15. The number of aliphatic carboxylic acids is 2. The molecule has 2 N–H and O–H groups in total. The van der Waals surface area contributed by atoms with Gasteiger partial charge in [0.1, 0.15) is 5.69 Å². The maximum Gasteiger partial charge on any atom is 0.414 e. The normalized spacial score (nSPS) is 18.2. The fourth-order valence-electron chi connectivity index (χ4n) is 1.71. The molecule has 1 aliphatic heterocycles. The molecule has 1 atom stereocenters. The molecule has 0 saturated carbocycles. The Labute approximate surface area is 124 Å². The molecule has 0 fully saturated rings. The lowest BCUT2D eigenvalue weighted by Crippen LogP contribution is -2.30. The van der Waals surface area contributed by atoms with Crippen molar-refractivity contribution in [3.05, 3.63) is 23.0 Å². The van der Waals surface area contributed by atoms with Crippen LogP contribution in [0.3, 0.4) is 0 Å². The van der Waals surface area contributed by atoms with Crippen LogP contribution in [0.2, 0.25) is 5.15 Å². The standard InChI is InChI=1S/C9H12ClN3S.C2H2O4/c1-2-13-6-4-3-5-7(13)8-9(10)12-14-11-8;3-1(4)2(5)6/h3,5,7H,2,4,6H2,1H3;(H,3,4)(H,5,6). The molecule has 1 unspecified atom stereocenters.